The third-order valence-corrected chi connectivity index (χ3v) is 4.33. The molecule has 1 atom stereocenters. The Balaban J connectivity index is 1.73. The van der Waals surface area contributed by atoms with Gasteiger partial charge in [-0.2, -0.15) is 0 Å². The van der Waals surface area contributed by atoms with Crippen LogP contribution in [0.3, 0.4) is 0 Å². The van der Waals surface area contributed by atoms with Crippen LogP contribution >= 0.6 is 0 Å². The fraction of sp³-hybridized carbons (Fsp3) is 0.278. The van der Waals surface area contributed by atoms with Crippen LogP contribution in [-0.4, -0.2) is 47.3 Å². The molecule has 126 valence electrons. The Morgan fingerprint density at radius 1 is 1.00 bits per heavy atom. The average Bonchev–Trinajstić information content (AvgIpc) is 2.58. The number of hydrogen-bond acceptors (Lipinski definition) is 4. The van der Waals surface area contributed by atoms with Gasteiger partial charge in [-0.3, -0.25) is 9.69 Å². The summed E-state index contributed by atoms with van der Waals surface area (Å²) in [4.78, 5) is 15.6. The van der Waals surface area contributed by atoms with E-state index in [1.807, 2.05) is 12.1 Å². The largest absolute Gasteiger partial charge is 0.508 e. The third-order valence-electron chi connectivity index (χ3n) is 4.33. The molecule has 1 aliphatic heterocycles. The number of carboxylic acid groups (broad SMARTS) is 1. The molecule has 1 heterocycles. The van der Waals surface area contributed by atoms with Crippen LogP contribution in [0.15, 0.2) is 48.5 Å². The number of piperazine rings is 1. The molecule has 0 amide bonds. The Kier molecular flexibility index (Phi) is 4.66. The number of anilines is 1. The van der Waals surface area contributed by atoms with Gasteiger partial charge < -0.3 is 15.1 Å². The third kappa shape index (κ3) is 3.33. The van der Waals surface area contributed by atoms with Crippen LogP contribution in [0.4, 0.5) is 10.1 Å². The number of halogens is 1. The van der Waals surface area contributed by atoms with Crippen molar-refractivity contribution in [3.05, 3.63) is 59.9 Å². The number of carbonyl (C=O) groups is 1. The van der Waals surface area contributed by atoms with Crippen molar-refractivity contribution in [1.29, 1.82) is 0 Å². The molecule has 2 aromatic carbocycles. The minimum atomic E-state index is -1.04. The minimum Gasteiger partial charge on any atom is -0.508 e. The van der Waals surface area contributed by atoms with E-state index in [1.165, 1.54) is 12.1 Å². The van der Waals surface area contributed by atoms with E-state index in [1.54, 1.807) is 29.2 Å². The van der Waals surface area contributed by atoms with Crippen LogP contribution in [-0.2, 0) is 4.79 Å². The summed E-state index contributed by atoms with van der Waals surface area (Å²) in [5.41, 5.74) is 1.17. The molecule has 5 nitrogen and oxygen atoms in total. The maximum atomic E-state index is 14.0. The van der Waals surface area contributed by atoms with Crippen molar-refractivity contribution in [1.82, 2.24) is 4.90 Å². The van der Waals surface area contributed by atoms with Gasteiger partial charge in [0.05, 0.1) is 0 Å². The smallest absolute Gasteiger partial charge is 0.325 e. The predicted molar refractivity (Wildman–Crippen MR) is 88.7 cm³/mol. The van der Waals surface area contributed by atoms with Crippen molar-refractivity contribution >= 4 is 11.7 Å². The first-order valence-electron chi connectivity index (χ1n) is 7.81. The fourth-order valence-corrected chi connectivity index (χ4v) is 3.08. The highest BCUT2D eigenvalue weighted by Crippen LogP contribution is 2.27. The Morgan fingerprint density at radius 3 is 2.21 bits per heavy atom. The SMILES string of the molecule is O=C(O)C(c1ccccc1F)N1CCN(c2ccc(O)cc2)CC1. The number of rotatable bonds is 4. The van der Waals surface area contributed by atoms with Gasteiger partial charge in [-0.25, -0.2) is 4.39 Å². The molecule has 0 aliphatic carbocycles. The molecule has 0 radical (unpaired) electrons. The first-order valence-corrected chi connectivity index (χ1v) is 7.81. The molecule has 24 heavy (non-hydrogen) atoms. The zero-order valence-electron chi connectivity index (χ0n) is 13.1. The molecule has 2 aromatic rings. The van der Waals surface area contributed by atoms with E-state index in [9.17, 15) is 19.4 Å². The molecular weight excluding hydrogens is 311 g/mol. The fourth-order valence-electron chi connectivity index (χ4n) is 3.08. The lowest BCUT2D eigenvalue weighted by atomic mass is 10.0. The summed E-state index contributed by atoms with van der Waals surface area (Å²) in [6, 6.07) is 12.0. The minimum absolute atomic E-state index is 0.197. The number of phenolic OH excluding ortho intramolecular Hbond substituents is 1. The van der Waals surface area contributed by atoms with Gasteiger partial charge in [0.15, 0.2) is 0 Å². The molecule has 0 saturated carbocycles. The molecule has 3 rings (SSSR count). The average molecular weight is 330 g/mol. The van der Waals surface area contributed by atoms with Crippen molar-refractivity contribution in [2.75, 3.05) is 31.1 Å². The zero-order valence-corrected chi connectivity index (χ0v) is 13.1. The zero-order chi connectivity index (χ0) is 17.1. The quantitative estimate of drug-likeness (QED) is 0.902. The maximum Gasteiger partial charge on any atom is 0.325 e. The van der Waals surface area contributed by atoms with Gasteiger partial charge in [-0.05, 0) is 30.3 Å². The number of phenols is 1. The van der Waals surface area contributed by atoms with Crippen LogP contribution in [0.25, 0.3) is 0 Å². The van der Waals surface area contributed by atoms with Gasteiger partial charge in [0, 0.05) is 37.4 Å². The lowest BCUT2D eigenvalue weighted by Crippen LogP contribution is -2.49. The van der Waals surface area contributed by atoms with Gasteiger partial charge in [-0.15, -0.1) is 0 Å². The maximum absolute atomic E-state index is 14.0. The number of carboxylic acids is 1. The highest BCUT2D eigenvalue weighted by molar-refractivity contribution is 5.75. The molecule has 6 heteroatoms. The van der Waals surface area contributed by atoms with Crippen LogP contribution in [0.2, 0.25) is 0 Å². The van der Waals surface area contributed by atoms with Crippen LogP contribution in [0.1, 0.15) is 11.6 Å². The van der Waals surface area contributed by atoms with Crippen molar-refractivity contribution in [2.24, 2.45) is 0 Å². The van der Waals surface area contributed by atoms with E-state index < -0.39 is 17.8 Å². The Labute approximate surface area is 139 Å². The monoisotopic (exact) mass is 330 g/mol. The van der Waals surface area contributed by atoms with Crippen molar-refractivity contribution in [2.45, 2.75) is 6.04 Å². The Bertz CT molecular complexity index is 712. The Morgan fingerprint density at radius 2 is 1.62 bits per heavy atom. The standard InChI is InChI=1S/C18H19FN2O3/c19-16-4-2-1-3-15(16)17(18(23)24)21-11-9-20(10-12-21)13-5-7-14(22)8-6-13/h1-8,17,22H,9-12H2,(H,23,24). The van der Waals surface area contributed by atoms with Gasteiger partial charge in [0.25, 0.3) is 0 Å². The normalized spacial score (nSPS) is 16.8. The lowest BCUT2D eigenvalue weighted by Gasteiger charge is -2.39. The molecule has 0 aromatic heterocycles. The summed E-state index contributed by atoms with van der Waals surface area (Å²) in [5.74, 6) is -1.33. The predicted octanol–water partition coefficient (Wildman–Crippen LogP) is 2.48. The van der Waals surface area contributed by atoms with E-state index >= 15 is 0 Å². The summed E-state index contributed by atoms with van der Waals surface area (Å²) in [7, 11) is 0. The number of benzene rings is 2. The van der Waals surface area contributed by atoms with Gasteiger partial charge in [0.2, 0.25) is 0 Å². The summed E-state index contributed by atoms with van der Waals surface area (Å²) < 4.78 is 14.0. The second-order valence-corrected chi connectivity index (χ2v) is 5.80. The topological polar surface area (TPSA) is 64.0 Å². The number of aliphatic carboxylic acids is 1. The summed E-state index contributed by atoms with van der Waals surface area (Å²) >= 11 is 0. The lowest BCUT2D eigenvalue weighted by molar-refractivity contribution is -0.143. The van der Waals surface area contributed by atoms with Crippen molar-refractivity contribution in [3.8, 4) is 5.75 Å². The number of hydrogen-bond donors (Lipinski definition) is 2. The summed E-state index contributed by atoms with van der Waals surface area (Å²) in [6.45, 7) is 2.32. The second kappa shape index (κ2) is 6.88. The molecule has 2 N–H and O–H groups in total. The van der Waals surface area contributed by atoms with E-state index in [0.717, 1.165) is 5.69 Å². The molecule has 0 spiro atoms. The number of aromatic hydroxyl groups is 1. The molecule has 1 saturated heterocycles. The van der Waals surface area contributed by atoms with Gasteiger partial charge >= 0.3 is 5.97 Å². The van der Waals surface area contributed by atoms with Gasteiger partial charge in [0.1, 0.15) is 17.6 Å². The number of nitrogens with zero attached hydrogens (tertiary/aromatic N) is 2. The van der Waals surface area contributed by atoms with Crippen molar-refractivity contribution in [3.63, 3.8) is 0 Å². The highest BCUT2D eigenvalue weighted by Gasteiger charge is 2.32. The van der Waals surface area contributed by atoms with E-state index in [-0.39, 0.29) is 11.3 Å². The van der Waals surface area contributed by atoms with Crippen LogP contribution in [0.5, 0.6) is 5.75 Å². The van der Waals surface area contributed by atoms with Crippen LogP contribution < -0.4 is 4.90 Å². The molecular formula is C18H19FN2O3. The molecule has 1 aliphatic rings. The first kappa shape index (κ1) is 16.3. The summed E-state index contributed by atoms with van der Waals surface area (Å²) in [6.07, 6.45) is 0. The molecule has 0 bridgehead atoms. The van der Waals surface area contributed by atoms with Crippen LogP contribution in [0, 0.1) is 5.82 Å². The second-order valence-electron chi connectivity index (χ2n) is 5.80. The first-order chi connectivity index (χ1) is 11.6. The summed E-state index contributed by atoms with van der Waals surface area (Å²) in [5, 5.41) is 18.9. The Hall–Kier alpha value is -2.60. The van der Waals surface area contributed by atoms with Gasteiger partial charge in [-0.1, -0.05) is 18.2 Å². The molecule has 1 unspecified atom stereocenters. The van der Waals surface area contributed by atoms with E-state index in [4.69, 9.17) is 0 Å². The van der Waals surface area contributed by atoms with E-state index in [0.29, 0.717) is 26.2 Å². The molecule has 1 fully saturated rings. The highest BCUT2D eigenvalue weighted by atomic mass is 19.1. The van der Waals surface area contributed by atoms with Crippen molar-refractivity contribution < 1.29 is 19.4 Å². The van der Waals surface area contributed by atoms with E-state index in [2.05, 4.69) is 4.90 Å².